The van der Waals surface area contributed by atoms with Gasteiger partial charge >= 0.3 is 12.0 Å². The topological polar surface area (TPSA) is 90.3 Å². The number of rotatable bonds is 7. The van der Waals surface area contributed by atoms with Crippen molar-refractivity contribution in [2.75, 3.05) is 46.5 Å². The molecule has 104 valence electrons. The highest BCUT2D eigenvalue weighted by atomic mass is 16.5. The molecule has 0 aromatic rings. The third kappa shape index (κ3) is 4.50. The first-order valence-corrected chi connectivity index (χ1v) is 5.95. The maximum Gasteiger partial charge on any atom is 0.319 e. The number of likely N-dealkylation sites (tertiary alicyclic amines) is 1. The van der Waals surface area contributed by atoms with E-state index in [0.717, 1.165) is 0 Å². The zero-order valence-electron chi connectivity index (χ0n) is 10.5. The molecule has 1 fully saturated rings. The predicted molar refractivity (Wildman–Crippen MR) is 63.2 cm³/mol. The number of ether oxygens (including phenoxy) is 1. The summed E-state index contributed by atoms with van der Waals surface area (Å²) in [6.45, 7) is 2.10. The molecular formula is C11H20N2O5. The summed E-state index contributed by atoms with van der Waals surface area (Å²) in [5.41, 5.74) is 0. The lowest BCUT2D eigenvalue weighted by Gasteiger charge is -2.40. The van der Waals surface area contributed by atoms with Crippen LogP contribution in [0.1, 0.15) is 6.42 Å². The van der Waals surface area contributed by atoms with Crippen LogP contribution in [0.3, 0.4) is 0 Å². The number of aliphatic hydroxyl groups is 1. The molecule has 2 amide bonds. The second-order valence-electron chi connectivity index (χ2n) is 4.41. The van der Waals surface area contributed by atoms with Crippen molar-refractivity contribution < 1.29 is 24.5 Å². The number of hydrogen-bond donors (Lipinski definition) is 2. The fraction of sp³-hybridized carbons (Fsp3) is 0.818. The van der Waals surface area contributed by atoms with Crippen molar-refractivity contribution in [3.05, 3.63) is 0 Å². The van der Waals surface area contributed by atoms with E-state index in [4.69, 9.17) is 14.9 Å². The van der Waals surface area contributed by atoms with Crippen LogP contribution in [0.25, 0.3) is 0 Å². The van der Waals surface area contributed by atoms with Gasteiger partial charge in [0, 0.05) is 32.6 Å². The highest BCUT2D eigenvalue weighted by molar-refractivity contribution is 5.75. The normalized spacial score (nSPS) is 15.3. The van der Waals surface area contributed by atoms with Gasteiger partial charge in [0.15, 0.2) is 0 Å². The Morgan fingerprint density at radius 1 is 1.39 bits per heavy atom. The number of urea groups is 1. The number of hydrogen-bond acceptors (Lipinski definition) is 4. The molecule has 1 rings (SSSR count). The molecule has 7 nitrogen and oxygen atoms in total. The molecular weight excluding hydrogens is 240 g/mol. The summed E-state index contributed by atoms with van der Waals surface area (Å²) < 4.78 is 5.07. The average molecular weight is 260 g/mol. The van der Waals surface area contributed by atoms with E-state index in [0.29, 0.717) is 26.2 Å². The van der Waals surface area contributed by atoms with Crippen molar-refractivity contribution in [2.24, 2.45) is 5.92 Å². The minimum atomic E-state index is -0.821. The molecule has 1 heterocycles. The van der Waals surface area contributed by atoms with Gasteiger partial charge in [-0.15, -0.1) is 0 Å². The molecule has 7 heteroatoms. The fourth-order valence-electron chi connectivity index (χ4n) is 1.81. The molecule has 1 saturated heterocycles. The standard InChI is InChI=1S/C11H20N2O5/c1-12(2-4-18-5-3-14)11(17)13-7-9(8-13)6-10(15)16/h9,14H,2-8H2,1H3,(H,15,16). The van der Waals surface area contributed by atoms with E-state index in [1.54, 1.807) is 11.9 Å². The Labute approximate surface area is 106 Å². The summed E-state index contributed by atoms with van der Waals surface area (Å²) in [6.07, 6.45) is 0.118. The molecule has 0 aromatic heterocycles. The molecule has 0 bridgehead atoms. The van der Waals surface area contributed by atoms with E-state index in [1.807, 2.05) is 0 Å². The fourth-order valence-corrected chi connectivity index (χ4v) is 1.81. The lowest BCUT2D eigenvalue weighted by Crippen LogP contribution is -2.54. The first-order valence-electron chi connectivity index (χ1n) is 5.95. The average Bonchev–Trinajstić information content (AvgIpc) is 2.27. The number of amides is 2. The summed E-state index contributed by atoms with van der Waals surface area (Å²) in [5.74, 6) is -0.747. The van der Waals surface area contributed by atoms with Crippen LogP contribution in [0.2, 0.25) is 0 Å². The van der Waals surface area contributed by atoms with Gasteiger partial charge in [0.2, 0.25) is 0 Å². The Hall–Kier alpha value is -1.34. The Bertz CT molecular complexity index is 291. The zero-order valence-corrected chi connectivity index (χ0v) is 10.5. The van der Waals surface area contributed by atoms with E-state index in [2.05, 4.69) is 0 Å². The molecule has 1 aliphatic rings. The quantitative estimate of drug-likeness (QED) is 0.600. The second-order valence-corrected chi connectivity index (χ2v) is 4.41. The lowest BCUT2D eigenvalue weighted by molar-refractivity contribution is -0.139. The van der Waals surface area contributed by atoms with Crippen LogP contribution in [0.15, 0.2) is 0 Å². The molecule has 2 N–H and O–H groups in total. The van der Waals surface area contributed by atoms with Crippen molar-refractivity contribution in [3.8, 4) is 0 Å². The molecule has 0 unspecified atom stereocenters. The van der Waals surface area contributed by atoms with Gasteiger partial charge in [-0.1, -0.05) is 0 Å². The van der Waals surface area contributed by atoms with Gasteiger partial charge in [-0.2, -0.15) is 0 Å². The number of carboxylic acids is 1. The first kappa shape index (κ1) is 14.7. The highest BCUT2D eigenvalue weighted by Crippen LogP contribution is 2.20. The van der Waals surface area contributed by atoms with Gasteiger partial charge in [0.1, 0.15) is 0 Å². The van der Waals surface area contributed by atoms with Crippen LogP contribution < -0.4 is 0 Å². The van der Waals surface area contributed by atoms with Gasteiger partial charge in [0.05, 0.1) is 26.2 Å². The number of carbonyl (C=O) groups excluding carboxylic acids is 1. The van der Waals surface area contributed by atoms with E-state index >= 15 is 0 Å². The molecule has 0 radical (unpaired) electrons. The monoisotopic (exact) mass is 260 g/mol. The van der Waals surface area contributed by atoms with Gasteiger partial charge in [-0.3, -0.25) is 4.79 Å². The number of aliphatic carboxylic acids is 1. The Kier molecular flexibility index (Phi) is 5.87. The predicted octanol–water partition coefficient (Wildman–Crippen LogP) is -0.546. The summed E-state index contributed by atoms with van der Waals surface area (Å²) in [7, 11) is 1.68. The lowest BCUT2D eigenvalue weighted by atomic mass is 9.97. The summed E-state index contributed by atoms with van der Waals surface area (Å²) in [5, 5.41) is 17.1. The number of aliphatic hydroxyl groups excluding tert-OH is 1. The first-order chi connectivity index (χ1) is 8.54. The molecule has 0 aliphatic carbocycles. The van der Waals surface area contributed by atoms with Crippen molar-refractivity contribution in [1.82, 2.24) is 9.80 Å². The van der Waals surface area contributed by atoms with Gasteiger partial charge in [0.25, 0.3) is 0 Å². The third-order valence-corrected chi connectivity index (χ3v) is 2.82. The minimum Gasteiger partial charge on any atom is -0.481 e. The van der Waals surface area contributed by atoms with Gasteiger partial charge in [-0.05, 0) is 0 Å². The number of carbonyl (C=O) groups is 2. The number of carboxylic acid groups (broad SMARTS) is 1. The SMILES string of the molecule is CN(CCOCCO)C(=O)N1CC(CC(=O)O)C1. The van der Waals surface area contributed by atoms with Crippen LogP contribution in [0.5, 0.6) is 0 Å². The van der Waals surface area contributed by atoms with E-state index in [-0.39, 0.29) is 31.6 Å². The van der Waals surface area contributed by atoms with Gasteiger partial charge < -0.3 is 24.7 Å². The summed E-state index contributed by atoms with van der Waals surface area (Å²) in [4.78, 5) is 25.4. The van der Waals surface area contributed by atoms with Crippen LogP contribution in [-0.4, -0.2) is 78.5 Å². The van der Waals surface area contributed by atoms with Crippen LogP contribution in [0.4, 0.5) is 4.79 Å². The van der Waals surface area contributed by atoms with Crippen LogP contribution in [0, 0.1) is 5.92 Å². The smallest absolute Gasteiger partial charge is 0.319 e. The Morgan fingerprint density at radius 2 is 2.06 bits per heavy atom. The summed E-state index contributed by atoms with van der Waals surface area (Å²) >= 11 is 0. The molecule has 0 saturated carbocycles. The van der Waals surface area contributed by atoms with Crippen molar-refractivity contribution in [3.63, 3.8) is 0 Å². The highest BCUT2D eigenvalue weighted by Gasteiger charge is 2.33. The van der Waals surface area contributed by atoms with Crippen LogP contribution >= 0.6 is 0 Å². The number of likely N-dealkylation sites (N-methyl/N-ethyl adjacent to an activating group) is 1. The van der Waals surface area contributed by atoms with Crippen molar-refractivity contribution in [2.45, 2.75) is 6.42 Å². The Morgan fingerprint density at radius 3 is 2.61 bits per heavy atom. The van der Waals surface area contributed by atoms with E-state index in [9.17, 15) is 9.59 Å². The number of nitrogens with zero attached hydrogens (tertiary/aromatic N) is 2. The maximum absolute atomic E-state index is 11.8. The summed E-state index contributed by atoms with van der Waals surface area (Å²) in [6, 6.07) is -0.107. The third-order valence-electron chi connectivity index (χ3n) is 2.82. The largest absolute Gasteiger partial charge is 0.481 e. The molecule has 0 aromatic carbocycles. The minimum absolute atomic E-state index is 0.0271. The molecule has 18 heavy (non-hydrogen) atoms. The van der Waals surface area contributed by atoms with Gasteiger partial charge in [-0.25, -0.2) is 4.79 Å². The zero-order chi connectivity index (χ0) is 13.5. The van der Waals surface area contributed by atoms with E-state index in [1.165, 1.54) is 4.90 Å². The van der Waals surface area contributed by atoms with E-state index < -0.39 is 5.97 Å². The second kappa shape index (κ2) is 7.17. The maximum atomic E-state index is 11.8. The van der Waals surface area contributed by atoms with Crippen molar-refractivity contribution >= 4 is 12.0 Å². The molecule has 0 atom stereocenters. The Balaban J connectivity index is 2.15. The molecule has 0 spiro atoms. The van der Waals surface area contributed by atoms with Crippen LogP contribution in [-0.2, 0) is 9.53 Å². The van der Waals surface area contributed by atoms with Crippen molar-refractivity contribution in [1.29, 1.82) is 0 Å². The molecule has 1 aliphatic heterocycles.